The number of rotatable bonds is 7. The zero-order chi connectivity index (χ0) is 13.5. The maximum absolute atomic E-state index is 5.69. The van der Waals surface area contributed by atoms with Gasteiger partial charge in [0.15, 0.2) is 0 Å². The molecule has 0 unspecified atom stereocenters. The molecule has 0 spiro atoms. The molecule has 0 aliphatic carbocycles. The Balaban J connectivity index is 1.83. The summed E-state index contributed by atoms with van der Waals surface area (Å²) in [5.41, 5.74) is 1.14. The second-order valence-electron chi connectivity index (χ2n) is 4.31. The van der Waals surface area contributed by atoms with E-state index in [1.54, 1.807) is 11.3 Å². The van der Waals surface area contributed by atoms with Gasteiger partial charge in [-0.2, -0.15) is 0 Å². The Morgan fingerprint density at radius 1 is 1.26 bits per heavy atom. The Bertz CT molecular complexity index is 496. The molecule has 0 saturated heterocycles. The summed E-state index contributed by atoms with van der Waals surface area (Å²) in [7, 11) is 0. The van der Waals surface area contributed by atoms with Gasteiger partial charge in [0.05, 0.1) is 17.3 Å². The second kappa shape index (κ2) is 7.26. The minimum absolute atomic E-state index is 0.678. The monoisotopic (exact) mass is 276 g/mol. The summed E-state index contributed by atoms with van der Waals surface area (Å²) in [6, 6.07) is 9.91. The van der Waals surface area contributed by atoms with Crippen LogP contribution in [0.3, 0.4) is 0 Å². The summed E-state index contributed by atoms with van der Waals surface area (Å²) < 4.78 is 5.69. The van der Waals surface area contributed by atoms with Gasteiger partial charge in [0.25, 0.3) is 0 Å². The Hall–Kier alpha value is -1.39. The van der Waals surface area contributed by atoms with Gasteiger partial charge < -0.3 is 10.1 Å². The number of benzene rings is 1. The van der Waals surface area contributed by atoms with Crippen LogP contribution in [0, 0.1) is 6.92 Å². The summed E-state index contributed by atoms with van der Waals surface area (Å²) in [5.74, 6) is 0.920. The van der Waals surface area contributed by atoms with Crippen molar-refractivity contribution in [3.63, 3.8) is 0 Å². The normalized spacial score (nSPS) is 10.6. The van der Waals surface area contributed by atoms with Gasteiger partial charge in [-0.3, -0.25) is 0 Å². The van der Waals surface area contributed by atoms with E-state index in [0.29, 0.717) is 6.61 Å². The van der Waals surface area contributed by atoms with Crippen LogP contribution in [0.5, 0.6) is 5.75 Å². The first-order chi connectivity index (χ1) is 9.29. The van der Waals surface area contributed by atoms with Gasteiger partial charge in [0, 0.05) is 17.8 Å². The van der Waals surface area contributed by atoms with E-state index in [1.807, 2.05) is 30.3 Å². The predicted molar refractivity (Wildman–Crippen MR) is 79.9 cm³/mol. The highest BCUT2D eigenvalue weighted by atomic mass is 32.1. The molecule has 0 aliphatic rings. The Labute approximate surface area is 118 Å². The average molecular weight is 276 g/mol. The molecule has 1 aromatic heterocycles. The lowest BCUT2D eigenvalue weighted by Crippen LogP contribution is -2.11. The average Bonchev–Trinajstić information content (AvgIpc) is 2.78. The van der Waals surface area contributed by atoms with Crippen LogP contribution in [-0.4, -0.2) is 18.1 Å². The highest BCUT2D eigenvalue weighted by Gasteiger charge is 2.07. The summed E-state index contributed by atoms with van der Waals surface area (Å²) in [6.07, 6.45) is 0.868. The summed E-state index contributed by atoms with van der Waals surface area (Å²) >= 11 is 1.78. The lowest BCUT2D eigenvalue weighted by atomic mass is 10.3. The summed E-state index contributed by atoms with van der Waals surface area (Å²) in [5, 5.41) is 4.49. The van der Waals surface area contributed by atoms with Crippen molar-refractivity contribution in [3.05, 3.63) is 45.9 Å². The molecule has 2 rings (SSSR count). The molecule has 1 aromatic carbocycles. The highest BCUT2D eigenvalue weighted by Crippen LogP contribution is 2.18. The van der Waals surface area contributed by atoms with Crippen LogP contribution < -0.4 is 10.1 Å². The molecule has 19 heavy (non-hydrogen) atoms. The number of ether oxygens (including phenoxy) is 1. The van der Waals surface area contributed by atoms with Crippen LogP contribution >= 0.6 is 11.3 Å². The van der Waals surface area contributed by atoms with Crippen LogP contribution in [-0.2, 0) is 13.0 Å². The van der Waals surface area contributed by atoms with Crippen LogP contribution in [0.15, 0.2) is 30.3 Å². The molecule has 0 saturated carbocycles. The SMILES string of the molecule is CCNCc1sc(CCOc2ccccc2)nc1C. The minimum Gasteiger partial charge on any atom is -0.493 e. The topological polar surface area (TPSA) is 34.1 Å². The van der Waals surface area contributed by atoms with Gasteiger partial charge in [-0.15, -0.1) is 11.3 Å². The van der Waals surface area contributed by atoms with E-state index in [1.165, 1.54) is 4.88 Å². The summed E-state index contributed by atoms with van der Waals surface area (Å²) in [4.78, 5) is 5.92. The van der Waals surface area contributed by atoms with Gasteiger partial charge >= 0.3 is 0 Å². The number of thiazole rings is 1. The van der Waals surface area contributed by atoms with E-state index in [9.17, 15) is 0 Å². The smallest absolute Gasteiger partial charge is 0.119 e. The lowest BCUT2D eigenvalue weighted by molar-refractivity contribution is 0.321. The molecule has 0 bridgehead atoms. The third-order valence-corrected chi connectivity index (χ3v) is 4.02. The molecule has 0 radical (unpaired) electrons. The van der Waals surface area contributed by atoms with E-state index in [4.69, 9.17) is 4.74 Å². The van der Waals surface area contributed by atoms with Crippen molar-refractivity contribution in [2.24, 2.45) is 0 Å². The van der Waals surface area contributed by atoms with Gasteiger partial charge in [-0.1, -0.05) is 25.1 Å². The van der Waals surface area contributed by atoms with E-state index < -0.39 is 0 Å². The molecule has 102 valence electrons. The number of para-hydroxylation sites is 1. The minimum atomic E-state index is 0.678. The van der Waals surface area contributed by atoms with E-state index in [0.717, 1.165) is 36.0 Å². The van der Waals surface area contributed by atoms with Crippen molar-refractivity contribution in [1.82, 2.24) is 10.3 Å². The number of aromatic nitrogens is 1. The standard InChI is InChI=1S/C15H20N2OS/c1-3-16-11-14-12(2)17-15(19-14)9-10-18-13-7-5-4-6-8-13/h4-8,16H,3,9-11H2,1-2H3. The molecular weight excluding hydrogens is 256 g/mol. The fourth-order valence-corrected chi connectivity index (χ4v) is 2.79. The van der Waals surface area contributed by atoms with E-state index in [2.05, 4.69) is 24.1 Å². The van der Waals surface area contributed by atoms with Crippen LogP contribution in [0.4, 0.5) is 0 Å². The molecule has 0 amide bonds. The van der Waals surface area contributed by atoms with Gasteiger partial charge in [-0.25, -0.2) is 4.98 Å². The maximum atomic E-state index is 5.69. The fraction of sp³-hybridized carbons (Fsp3) is 0.400. The zero-order valence-electron chi connectivity index (χ0n) is 11.5. The van der Waals surface area contributed by atoms with Crippen LogP contribution in [0.2, 0.25) is 0 Å². The Morgan fingerprint density at radius 2 is 2.05 bits per heavy atom. The van der Waals surface area contributed by atoms with Crippen molar-refractivity contribution >= 4 is 11.3 Å². The van der Waals surface area contributed by atoms with Crippen LogP contribution in [0.1, 0.15) is 22.5 Å². The molecule has 2 aromatic rings. The fourth-order valence-electron chi connectivity index (χ4n) is 1.77. The zero-order valence-corrected chi connectivity index (χ0v) is 12.3. The van der Waals surface area contributed by atoms with Crippen molar-refractivity contribution < 1.29 is 4.74 Å². The quantitative estimate of drug-likeness (QED) is 0.843. The van der Waals surface area contributed by atoms with E-state index >= 15 is 0 Å². The summed E-state index contributed by atoms with van der Waals surface area (Å²) in [6.45, 7) is 6.77. The van der Waals surface area contributed by atoms with Crippen molar-refractivity contribution in [2.75, 3.05) is 13.2 Å². The van der Waals surface area contributed by atoms with Crippen molar-refractivity contribution in [1.29, 1.82) is 0 Å². The molecule has 0 aliphatic heterocycles. The number of hydrogen-bond donors (Lipinski definition) is 1. The number of nitrogens with one attached hydrogen (secondary N) is 1. The van der Waals surface area contributed by atoms with Gasteiger partial charge in [-0.05, 0) is 25.6 Å². The van der Waals surface area contributed by atoms with Gasteiger partial charge in [0.1, 0.15) is 5.75 Å². The second-order valence-corrected chi connectivity index (χ2v) is 5.48. The third kappa shape index (κ3) is 4.33. The first-order valence-corrected chi connectivity index (χ1v) is 7.45. The molecule has 4 heteroatoms. The molecule has 0 atom stereocenters. The highest BCUT2D eigenvalue weighted by molar-refractivity contribution is 7.11. The van der Waals surface area contributed by atoms with Crippen molar-refractivity contribution in [3.8, 4) is 5.75 Å². The largest absolute Gasteiger partial charge is 0.493 e. The predicted octanol–water partition coefficient (Wildman–Crippen LogP) is 3.18. The Kier molecular flexibility index (Phi) is 5.36. The van der Waals surface area contributed by atoms with Crippen LogP contribution in [0.25, 0.3) is 0 Å². The maximum Gasteiger partial charge on any atom is 0.119 e. The first-order valence-electron chi connectivity index (χ1n) is 6.63. The lowest BCUT2D eigenvalue weighted by Gasteiger charge is -2.03. The molecule has 0 fully saturated rings. The number of nitrogens with zero attached hydrogens (tertiary/aromatic N) is 1. The van der Waals surface area contributed by atoms with Gasteiger partial charge in [0.2, 0.25) is 0 Å². The number of aryl methyl sites for hydroxylation is 1. The molecule has 1 N–H and O–H groups in total. The van der Waals surface area contributed by atoms with E-state index in [-0.39, 0.29) is 0 Å². The molecular formula is C15H20N2OS. The first kappa shape index (κ1) is 14.0. The number of hydrogen-bond acceptors (Lipinski definition) is 4. The third-order valence-electron chi connectivity index (χ3n) is 2.80. The molecule has 3 nitrogen and oxygen atoms in total. The van der Waals surface area contributed by atoms with Crippen molar-refractivity contribution in [2.45, 2.75) is 26.8 Å². The Morgan fingerprint density at radius 3 is 2.79 bits per heavy atom. The molecule has 1 heterocycles.